The number of carbonyl (C=O) groups excluding carboxylic acids is 1. The first-order chi connectivity index (χ1) is 10.6. The molecule has 1 aliphatic rings. The smallest absolute Gasteiger partial charge is 0.136 e. The third-order valence-corrected chi connectivity index (χ3v) is 4.95. The second kappa shape index (κ2) is 11.0. The Hall–Kier alpha value is -0.670. The lowest BCUT2D eigenvalue weighted by Gasteiger charge is -2.28. The van der Waals surface area contributed by atoms with Crippen molar-refractivity contribution >= 4 is 5.78 Å². The molecule has 0 radical (unpaired) electrons. The van der Waals surface area contributed by atoms with E-state index in [0.717, 1.165) is 24.3 Å². The first-order valence-electron chi connectivity index (χ1n) is 8.96. The van der Waals surface area contributed by atoms with Gasteiger partial charge in [0.1, 0.15) is 5.78 Å². The van der Waals surface area contributed by atoms with Gasteiger partial charge in [-0.25, -0.2) is 0 Å². The van der Waals surface area contributed by atoms with Gasteiger partial charge in [0.15, 0.2) is 0 Å². The van der Waals surface area contributed by atoms with E-state index < -0.39 is 6.10 Å². The van der Waals surface area contributed by atoms with Crippen LogP contribution >= 0.6 is 0 Å². The first kappa shape index (κ1) is 19.4. The molecular formula is C19H34O3. The number of aliphatic hydroxyl groups is 1. The van der Waals surface area contributed by atoms with Crippen LogP contribution < -0.4 is 0 Å². The summed E-state index contributed by atoms with van der Waals surface area (Å²) in [5.74, 6) is 1.08. The van der Waals surface area contributed by atoms with Crippen molar-refractivity contribution in [2.75, 3.05) is 7.11 Å². The molecule has 0 aromatic rings. The highest BCUT2D eigenvalue weighted by Crippen LogP contribution is 2.29. The third-order valence-electron chi connectivity index (χ3n) is 4.95. The summed E-state index contributed by atoms with van der Waals surface area (Å²) in [6.45, 7) is 3.85. The normalized spacial score (nSPS) is 24.3. The Bertz CT molecular complexity index is 349. The molecule has 1 rings (SSSR count). The summed E-state index contributed by atoms with van der Waals surface area (Å²) in [5, 5.41) is 9.65. The third kappa shape index (κ3) is 7.55. The van der Waals surface area contributed by atoms with Crippen LogP contribution in [0, 0.1) is 5.92 Å². The minimum Gasteiger partial charge on any atom is -0.389 e. The molecule has 0 aromatic carbocycles. The number of rotatable bonds is 10. The van der Waals surface area contributed by atoms with E-state index in [0.29, 0.717) is 31.1 Å². The van der Waals surface area contributed by atoms with E-state index >= 15 is 0 Å². The lowest BCUT2D eigenvalue weighted by atomic mass is 9.84. The summed E-state index contributed by atoms with van der Waals surface area (Å²) in [7, 11) is 1.82. The molecule has 0 heterocycles. The molecule has 1 fully saturated rings. The van der Waals surface area contributed by atoms with Crippen LogP contribution in [0.25, 0.3) is 0 Å². The van der Waals surface area contributed by atoms with Gasteiger partial charge in [0.05, 0.1) is 12.2 Å². The topological polar surface area (TPSA) is 46.5 Å². The van der Waals surface area contributed by atoms with Gasteiger partial charge in [0.2, 0.25) is 0 Å². The fraction of sp³-hybridized carbons (Fsp3) is 0.842. The van der Waals surface area contributed by atoms with Crippen LogP contribution in [-0.2, 0) is 9.53 Å². The van der Waals surface area contributed by atoms with Crippen LogP contribution in [0.2, 0.25) is 0 Å². The highest BCUT2D eigenvalue weighted by Gasteiger charge is 2.21. The summed E-state index contributed by atoms with van der Waals surface area (Å²) >= 11 is 0. The second-order valence-electron chi connectivity index (χ2n) is 6.75. The van der Waals surface area contributed by atoms with E-state index in [-0.39, 0.29) is 0 Å². The van der Waals surface area contributed by atoms with Crippen molar-refractivity contribution in [3.05, 3.63) is 11.6 Å². The van der Waals surface area contributed by atoms with Gasteiger partial charge in [0, 0.05) is 20.0 Å². The van der Waals surface area contributed by atoms with Gasteiger partial charge in [-0.2, -0.15) is 0 Å². The monoisotopic (exact) mass is 310 g/mol. The van der Waals surface area contributed by atoms with E-state index in [2.05, 4.69) is 0 Å². The zero-order valence-corrected chi connectivity index (χ0v) is 14.6. The Labute approximate surface area is 136 Å². The van der Waals surface area contributed by atoms with Crippen molar-refractivity contribution in [2.45, 2.75) is 90.3 Å². The zero-order valence-electron chi connectivity index (χ0n) is 14.6. The molecule has 0 aromatic heterocycles. The van der Waals surface area contributed by atoms with Gasteiger partial charge in [-0.3, -0.25) is 4.79 Å². The van der Waals surface area contributed by atoms with Crippen molar-refractivity contribution in [1.29, 1.82) is 0 Å². The number of allylic oxidation sites excluding steroid dienone is 1. The largest absolute Gasteiger partial charge is 0.389 e. The van der Waals surface area contributed by atoms with E-state index in [9.17, 15) is 9.90 Å². The Kier molecular flexibility index (Phi) is 9.65. The number of ketones is 1. The average Bonchev–Trinajstić information content (AvgIpc) is 2.55. The summed E-state index contributed by atoms with van der Waals surface area (Å²) in [4.78, 5) is 11.9. The van der Waals surface area contributed by atoms with Crippen molar-refractivity contribution < 1.29 is 14.6 Å². The molecule has 3 atom stereocenters. The number of Topliss-reactive ketones (excluding diaryl/α,β-unsaturated/α-hetero) is 1. The van der Waals surface area contributed by atoms with Crippen LogP contribution in [0.15, 0.2) is 11.6 Å². The predicted octanol–water partition coefficient (Wildman–Crippen LogP) is 4.43. The van der Waals surface area contributed by atoms with Crippen molar-refractivity contribution in [3.8, 4) is 0 Å². The summed E-state index contributed by atoms with van der Waals surface area (Å²) in [6.07, 6.45) is 12.2. The number of ether oxygens (including phenoxy) is 1. The van der Waals surface area contributed by atoms with Gasteiger partial charge < -0.3 is 9.84 Å². The molecule has 1 aliphatic carbocycles. The van der Waals surface area contributed by atoms with Crippen LogP contribution in [-0.4, -0.2) is 30.2 Å². The van der Waals surface area contributed by atoms with Gasteiger partial charge in [-0.1, -0.05) is 38.7 Å². The maximum Gasteiger partial charge on any atom is 0.136 e. The molecule has 0 bridgehead atoms. The van der Waals surface area contributed by atoms with Gasteiger partial charge in [-0.05, 0) is 44.1 Å². The Balaban J connectivity index is 2.12. The summed E-state index contributed by atoms with van der Waals surface area (Å²) in [6, 6.07) is 0. The Morgan fingerprint density at radius 1 is 1.36 bits per heavy atom. The Morgan fingerprint density at radius 2 is 2.14 bits per heavy atom. The first-order valence-corrected chi connectivity index (χ1v) is 8.96. The number of aliphatic hydroxyl groups excluding tert-OH is 1. The highest BCUT2D eigenvalue weighted by molar-refractivity contribution is 5.79. The summed E-state index contributed by atoms with van der Waals surface area (Å²) < 4.78 is 5.47. The molecule has 128 valence electrons. The molecule has 0 amide bonds. The predicted molar refractivity (Wildman–Crippen MR) is 90.9 cm³/mol. The Morgan fingerprint density at radius 3 is 2.82 bits per heavy atom. The van der Waals surface area contributed by atoms with E-state index in [1.165, 1.54) is 32.1 Å². The number of methoxy groups -OCH3 is 1. The van der Waals surface area contributed by atoms with E-state index in [1.54, 1.807) is 0 Å². The zero-order chi connectivity index (χ0) is 16.4. The molecule has 3 unspecified atom stereocenters. The van der Waals surface area contributed by atoms with Gasteiger partial charge in [0.25, 0.3) is 0 Å². The quantitative estimate of drug-likeness (QED) is 0.479. The SMILES string of the molecule is CCC(O)/C(C)=C/CC(=O)CCCCC1CCCC(OC)C1. The average molecular weight is 310 g/mol. The molecule has 0 spiro atoms. The van der Waals surface area contributed by atoms with E-state index in [1.807, 2.05) is 27.0 Å². The summed E-state index contributed by atoms with van der Waals surface area (Å²) in [5.41, 5.74) is 0.920. The van der Waals surface area contributed by atoms with Crippen LogP contribution in [0.1, 0.15) is 78.1 Å². The number of carbonyl (C=O) groups is 1. The molecule has 0 aliphatic heterocycles. The lowest BCUT2D eigenvalue weighted by molar-refractivity contribution is -0.118. The molecule has 1 N–H and O–H groups in total. The molecule has 1 saturated carbocycles. The number of unbranched alkanes of at least 4 members (excludes halogenated alkanes) is 1. The minimum absolute atomic E-state index is 0.293. The molecule has 3 nitrogen and oxygen atoms in total. The standard InChI is InChI=1S/C19H34O3/c1-4-19(21)15(2)12-13-17(20)10-6-5-8-16-9-7-11-18(14-16)22-3/h12,16,18-19,21H,4-11,13-14H2,1-3H3/b15-12+. The second-order valence-corrected chi connectivity index (χ2v) is 6.75. The highest BCUT2D eigenvalue weighted by atomic mass is 16.5. The number of hydrogen-bond donors (Lipinski definition) is 1. The van der Waals surface area contributed by atoms with E-state index in [4.69, 9.17) is 4.74 Å². The molecule has 3 heteroatoms. The van der Waals surface area contributed by atoms with Crippen LogP contribution in [0.4, 0.5) is 0 Å². The molecular weight excluding hydrogens is 276 g/mol. The maximum atomic E-state index is 11.9. The molecule has 22 heavy (non-hydrogen) atoms. The number of hydrogen-bond acceptors (Lipinski definition) is 3. The minimum atomic E-state index is -0.396. The van der Waals surface area contributed by atoms with Crippen molar-refractivity contribution in [2.24, 2.45) is 5.92 Å². The molecule has 0 saturated heterocycles. The maximum absolute atomic E-state index is 11.9. The lowest BCUT2D eigenvalue weighted by Crippen LogP contribution is -2.21. The van der Waals surface area contributed by atoms with Crippen molar-refractivity contribution in [1.82, 2.24) is 0 Å². The van der Waals surface area contributed by atoms with Crippen LogP contribution in [0.5, 0.6) is 0 Å². The van der Waals surface area contributed by atoms with Crippen LogP contribution in [0.3, 0.4) is 0 Å². The van der Waals surface area contributed by atoms with Gasteiger partial charge >= 0.3 is 0 Å². The fourth-order valence-electron chi connectivity index (χ4n) is 3.31. The fourth-order valence-corrected chi connectivity index (χ4v) is 3.31. The van der Waals surface area contributed by atoms with Gasteiger partial charge in [-0.15, -0.1) is 0 Å². The van der Waals surface area contributed by atoms with Crippen molar-refractivity contribution in [3.63, 3.8) is 0 Å².